The quantitative estimate of drug-likeness (QED) is 0.0851. The zero-order valence-electron chi connectivity index (χ0n) is 30.3. The molecule has 0 bridgehead atoms. The van der Waals surface area contributed by atoms with Crippen molar-refractivity contribution in [1.29, 1.82) is 0 Å². The van der Waals surface area contributed by atoms with E-state index >= 15 is 0 Å². The number of nitrogens with one attached hydrogen (secondary N) is 1. The minimum absolute atomic E-state index is 0.104. The fraction of sp³-hybridized carbons (Fsp3) is 0.279. The molecule has 55 heavy (non-hydrogen) atoms. The molecule has 0 spiro atoms. The molecule has 1 saturated heterocycles. The van der Waals surface area contributed by atoms with E-state index in [-0.39, 0.29) is 12.4 Å². The summed E-state index contributed by atoms with van der Waals surface area (Å²) < 4.78 is 34.4. The zero-order valence-corrected chi connectivity index (χ0v) is 33.5. The van der Waals surface area contributed by atoms with Crippen LogP contribution in [0.2, 0.25) is 0 Å². The van der Waals surface area contributed by atoms with Crippen LogP contribution in [0.25, 0.3) is 0 Å². The number of ether oxygens (including phenoxy) is 5. The van der Waals surface area contributed by atoms with E-state index in [0.29, 0.717) is 57.5 Å². The first-order valence-electron chi connectivity index (χ1n) is 18.1. The van der Waals surface area contributed by atoms with Gasteiger partial charge in [0.2, 0.25) is 5.78 Å². The maximum atomic E-state index is 13.4. The topological polar surface area (TPSA) is 101 Å². The molecule has 4 aromatic carbocycles. The first-order valence-corrected chi connectivity index (χ1v) is 20.5. The fourth-order valence-electron chi connectivity index (χ4n) is 6.38. The highest BCUT2D eigenvalue weighted by Crippen LogP contribution is 2.33. The van der Waals surface area contributed by atoms with Gasteiger partial charge in [-0.05, 0) is 45.1 Å². The van der Waals surface area contributed by atoms with E-state index < -0.39 is 30.5 Å². The SMILES string of the molecule is Cc1nc(Br)sc1C(=O)c1cnc(NCC2OC(COCc3ccccc3)C(OCc3ccccc3)C(OCc3ccccc3)C2OCc2ccccc2)s1. The molecule has 5 unspecified atom stereocenters. The highest BCUT2D eigenvalue weighted by molar-refractivity contribution is 9.11. The molecule has 3 heterocycles. The molecule has 1 fully saturated rings. The predicted molar refractivity (Wildman–Crippen MR) is 218 cm³/mol. The van der Waals surface area contributed by atoms with Crippen LogP contribution in [0.3, 0.4) is 0 Å². The lowest BCUT2D eigenvalue weighted by Crippen LogP contribution is -2.62. The van der Waals surface area contributed by atoms with Gasteiger partial charge in [-0.2, -0.15) is 0 Å². The normalized spacial score (nSPS) is 19.6. The van der Waals surface area contributed by atoms with Crippen LogP contribution >= 0.6 is 38.6 Å². The van der Waals surface area contributed by atoms with Crippen molar-refractivity contribution >= 4 is 49.5 Å². The predicted octanol–water partition coefficient (Wildman–Crippen LogP) is 9.05. The Hall–Kier alpha value is -4.11. The average Bonchev–Trinajstić information content (AvgIpc) is 3.84. The standard InChI is InChI=1S/C43H42BrN3O6S2/c1-29-41(55-42(44)47-29)37(48)36-23-46-43(54-36)45-22-34-38(50-25-31-16-8-3-9-17-31)40(52-27-33-20-12-5-13-21-33)39(51-26-32-18-10-4-11-19-32)35(53-34)28-49-24-30-14-6-2-7-15-30/h2-21,23,34-35,38-40H,22,24-28H2,1H3,(H,45,46). The number of nitrogens with zero attached hydrogens (tertiary/aromatic N) is 2. The molecule has 1 N–H and O–H groups in total. The third-order valence-corrected chi connectivity index (χ3v) is 11.7. The molecule has 5 atom stereocenters. The van der Waals surface area contributed by atoms with E-state index in [9.17, 15) is 4.79 Å². The molecule has 0 amide bonds. The summed E-state index contributed by atoms with van der Waals surface area (Å²) >= 11 is 6.01. The van der Waals surface area contributed by atoms with Crippen LogP contribution in [0.5, 0.6) is 0 Å². The van der Waals surface area contributed by atoms with Gasteiger partial charge < -0.3 is 29.0 Å². The Labute approximate surface area is 337 Å². The van der Waals surface area contributed by atoms with Crippen molar-refractivity contribution in [2.24, 2.45) is 0 Å². The number of hydrogen-bond donors (Lipinski definition) is 1. The summed E-state index contributed by atoms with van der Waals surface area (Å²) in [7, 11) is 0. The first-order chi connectivity index (χ1) is 27.0. The lowest BCUT2D eigenvalue weighted by molar-refractivity contribution is -0.269. The molecule has 0 saturated carbocycles. The number of hydrogen-bond acceptors (Lipinski definition) is 11. The van der Waals surface area contributed by atoms with Crippen LogP contribution in [-0.2, 0) is 50.1 Å². The second kappa shape index (κ2) is 19.7. The molecule has 0 aliphatic carbocycles. The lowest BCUT2D eigenvalue weighted by atomic mass is 9.93. The summed E-state index contributed by atoms with van der Waals surface area (Å²) in [4.78, 5) is 23.4. The number of anilines is 1. The molecule has 12 heteroatoms. The molecular formula is C43H42BrN3O6S2. The minimum atomic E-state index is -0.555. The number of carbonyl (C=O) groups is 1. The van der Waals surface area contributed by atoms with Gasteiger partial charge in [-0.3, -0.25) is 4.79 Å². The Kier molecular flexibility index (Phi) is 14.0. The number of thiazole rings is 2. The third kappa shape index (κ3) is 10.8. The Morgan fingerprint density at radius 1 is 0.691 bits per heavy atom. The second-order valence-corrected chi connectivity index (χ2v) is 16.4. The summed E-state index contributed by atoms with van der Waals surface area (Å²) in [6.45, 7) is 3.90. The summed E-state index contributed by atoms with van der Waals surface area (Å²) in [5.74, 6) is -0.104. The molecule has 284 valence electrons. The van der Waals surface area contributed by atoms with E-state index in [1.54, 1.807) is 6.20 Å². The third-order valence-electron chi connectivity index (χ3n) is 9.14. The molecule has 0 radical (unpaired) electrons. The molecule has 2 aromatic heterocycles. The summed E-state index contributed by atoms with van der Waals surface area (Å²) in [6, 6.07) is 40.3. The second-order valence-electron chi connectivity index (χ2n) is 13.1. The van der Waals surface area contributed by atoms with Gasteiger partial charge in [-0.1, -0.05) is 133 Å². The maximum absolute atomic E-state index is 13.4. The van der Waals surface area contributed by atoms with E-state index in [1.807, 2.05) is 128 Å². The highest BCUT2D eigenvalue weighted by Gasteiger charge is 2.48. The average molecular weight is 841 g/mol. The Morgan fingerprint density at radius 2 is 1.18 bits per heavy atom. The van der Waals surface area contributed by atoms with E-state index in [0.717, 1.165) is 22.3 Å². The lowest BCUT2D eigenvalue weighted by Gasteiger charge is -2.46. The van der Waals surface area contributed by atoms with Gasteiger partial charge in [0.05, 0.1) is 54.7 Å². The van der Waals surface area contributed by atoms with Crippen LogP contribution in [0.4, 0.5) is 5.13 Å². The minimum Gasteiger partial charge on any atom is -0.374 e. The Bertz CT molecular complexity index is 2070. The number of aromatic nitrogens is 2. The Balaban J connectivity index is 1.17. The molecule has 7 rings (SSSR count). The van der Waals surface area contributed by atoms with Crippen LogP contribution in [0.1, 0.15) is 42.5 Å². The number of halogens is 1. The monoisotopic (exact) mass is 839 g/mol. The number of carbonyl (C=O) groups excluding carboxylic acids is 1. The first kappa shape index (κ1) is 39.1. The largest absolute Gasteiger partial charge is 0.374 e. The van der Waals surface area contributed by atoms with Gasteiger partial charge in [0.1, 0.15) is 30.5 Å². The van der Waals surface area contributed by atoms with Crippen LogP contribution in [0, 0.1) is 6.92 Å². The van der Waals surface area contributed by atoms with Crippen molar-refractivity contribution in [3.63, 3.8) is 0 Å². The van der Waals surface area contributed by atoms with Crippen molar-refractivity contribution in [2.75, 3.05) is 18.5 Å². The zero-order chi connectivity index (χ0) is 37.8. The van der Waals surface area contributed by atoms with Gasteiger partial charge in [0.25, 0.3) is 0 Å². The van der Waals surface area contributed by atoms with Crippen LogP contribution in [0.15, 0.2) is 131 Å². The van der Waals surface area contributed by atoms with Crippen LogP contribution < -0.4 is 5.32 Å². The van der Waals surface area contributed by atoms with E-state index in [4.69, 9.17) is 23.7 Å². The molecule has 1 aliphatic rings. The number of rotatable bonds is 18. The van der Waals surface area contributed by atoms with E-state index in [2.05, 4.69) is 31.2 Å². The van der Waals surface area contributed by atoms with Crippen molar-refractivity contribution in [1.82, 2.24) is 9.97 Å². The molecule has 1 aliphatic heterocycles. The van der Waals surface area contributed by atoms with Gasteiger partial charge in [-0.25, -0.2) is 9.97 Å². The summed E-state index contributed by atoms with van der Waals surface area (Å²) in [6.07, 6.45) is -1.04. The number of aryl methyl sites for hydroxylation is 1. The summed E-state index contributed by atoms with van der Waals surface area (Å²) in [5.41, 5.74) is 4.85. The number of benzene rings is 4. The molecule has 6 aromatic rings. The van der Waals surface area contributed by atoms with Gasteiger partial charge in [0.15, 0.2) is 9.05 Å². The molecule has 9 nitrogen and oxygen atoms in total. The smallest absolute Gasteiger partial charge is 0.216 e. The number of ketones is 1. The highest BCUT2D eigenvalue weighted by atomic mass is 79.9. The van der Waals surface area contributed by atoms with Gasteiger partial charge >= 0.3 is 0 Å². The van der Waals surface area contributed by atoms with Crippen LogP contribution in [-0.4, -0.2) is 59.4 Å². The fourth-order valence-corrected chi connectivity index (χ4v) is 8.72. The molecular weight excluding hydrogens is 799 g/mol. The van der Waals surface area contributed by atoms with E-state index in [1.165, 1.54) is 22.7 Å². The van der Waals surface area contributed by atoms with Gasteiger partial charge in [0, 0.05) is 6.54 Å². The van der Waals surface area contributed by atoms with Crippen molar-refractivity contribution in [3.05, 3.63) is 169 Å². The van der Waals surface area contributed by atoms with Crippen molar-refractivity contribution in [2.45, 2.75) is 63.9 Å². The van der Waals surface area contributed by atoms with Crippen molar-refractivity contribution < 1.29 is 28.5 Å². The van der Waals surface area contributed by atoms with Crippen molar-refractivity contribution in [3.8, 4) is 0 Å². The van der Waals surface area contributed by atoms with Gasteiger partial charge in [-0.15, -0.1) is 11.3 Å². The summed E-state index contributed by atoms with van der Waals surface area (Å²) in [5, 5.41) is 4.04. The maximum Gasteiger partial charge on any atom is 0.216 e. The Morgan fingerprint density at radius 3 is 1.69 bits per heavy atom.